The van der Waals surface area contributed by atoms with E-state index in [1.165, 1.54) is 18.4 Å². The average Bonchev–Trinajstić information content (AvgIpc) is 3.04. The standard InChI is InChI=1S/C20H29N3O5S/c1-13-4-5-14-15(10-13)29-19(18(14)20(26)27-3)21-16(24)11-22(2)12-17(25)23-6-8-28-9-7-23/h13H,4-12H2,1-3H3,(H,21,24)/p+1/t13-/m1/s1. The van der Waals surface area contributed by atoms with E-state index in [0.717, 1.165) is 34.6 Å². The number of amides is 2. The zero-order valence-corrected chi connectivity index (χ0v) is 18.2. The summed E-state index contributed by atoms with van der Waals surface area (Å²) in [5.41, 5.74) is 1.51. The summed E-state index contributed by atoms with van der Waals surface area (Å²) in [4.78, 5) is 41.0. The van der Waals surface area contributed by atoms with Crippen molar-refractivity contribution in [1.29, 1.82) is 0 Å². The normalized spacial score (nSPS) is 20.0. The molecule has 0 spiro atoms. The summed E-state index contributed by atoms with van der Waals surface area (Å²) in [6, 6.07) is 0. The highest BCUT2D eigenvalue weighted by Gasteiger charge is 2.29. The molecule has 1 aliphatic heterocycles. The molecule has 2 heterocycles. The number of carbonyl (C=O) groups excluding carboxylic acids is 3. The summed E-state index contributed by atoms with van der Waals surface area (Å²) >= 11 is 1.47. The molecule has 2 amide bonds. The predicted molar refractivity (Wildman–Crippen MR) is 109 cm³/mol. The third-order valence-electron chi connectivity index (χ3n) is 5.43. The number of hydrogen-bond acceptors (Lipinski definition) is 6. The molecule has 0 aromatic carbocycles. The van der Waals surface area contributed by atoms with Crippen LogP contribution in [0.2, 0.25) is 0 Å². The van der Waals surface area contributed by atoms with Crippen LogP contribution in [0, 0.1) is 5.92 Å². The van der Waals surface area contributed by atoms with Crippen LogP contribution in [-0.4, -0.2) is 76.2 Å². The molecule has 0 radical (unpaired) electrons. The molecule has 2 aliphatic rings. The van der Waals surface area contributed by atoms with Gasteiger partial charge in [-0.25, -0.2) is 4.79 Å². The van der Waals surface area contributed by atoms with Crippen LogP contribution >= 0.6 is 11.3 Å². The molecule has 1 aromatic rings. The molecule has 0 bridgehead atoms. The highest BCUT2D eigenvalue weighted by atomic mass is 32.1. The fourth-order valence-electron chi connectivity index (χ4n) is 3.85. The van der Waals surface area contributed by atoms with E-state index in [1.807, 2.05) is 7.05 Å². The number of nitrogens with zero attached hydrogens (tertiary/aromatic N) is 1. The van der Waals surface area contributed by atoms with Crippen LogP contribution in [-0.2, 0) is 31.9 Å². The van der Waals surface area contributed by atoms with E-state index in [4.69, 9.17) is 9.47 Å². The maximum Gasteiger partial charge on any atom is 0.341 e. The number of nitrogens with one attached hydrogen (secondary N) is 2. The van der Waals surface area contributed by atoms with Crippen molar-refractivity contribution in [3.05, 3.63) is 16.0 Å². The van der Waals surface area contributed by atoms with Crippen molar-refractivity contribution in [1.82, 2.24) is 4.90 Å². The van der Waals surface area contributed by atoms with Crippen LogP contribution < -0.4 is 10.2 Å². The van der Waals surface area contributed by atoms with Gasteiger partial charge in [0.1, 0.15) is 5.00 Å². The first-order chi connectivity index (χ1) is 13.9. The summed E-state index contributed by atoms with van der Waals surface area (Å²) < 4.78 is 10.2. The van der Waals surface area contributed by atoms with E-state index in [-0.39, 0.29) is 24.9 Å². The Labute approximate surface area is 175 Å². The van der Waals surface area contributed by atoms with Crippen LogP contribution in [0.4, 0.5) is 5.00 Å². The van der Waals surface area contributed by atoms with Crippen LogP contribution in [0.5, 0.6) is 0 Å². The largest absolute Gasteiger partial charge is 0.465 e. The number of anilines is 1. The molecule has 1 saturated heterocycles. The predicted octanol–water partition coefficient (Wildman–Crippen LogP) is -0.0285. The minimum absolute atomic E-state index is 0.0226. The van der Waals surface area contributed by atoms with Crippen LogP contribution in [0.15, 0.2) is 0 Å². The van der Waals surface area contributed by atoms with Gasteiger partial charge in [0.2, 0.25) is 0 Å². The fourth-order valence-corrected chi connectivity index (χ4v) is 5.26. The zero-order valence-electron chi connectivity index (χ0n) is 17.3. The van der Waals surface area contributed by atoms with Gasteiger partial charge in [-0.15, -0.1) is 11.3 Å². The van der Waals surface area contributed by atoms with Crippen molar-refractivity contribution < 1.29 is 28.8 Å². The topological polar surface area (TPSA) is 89.4 Å². The number of methoxy groups -OCH3 is 1. The van der Waals surface area contributed by atoms with E-state index >= 15 is 0 Å². The van der Waals surface area contributed by atoms with Gasteiger partial charge in [0.05, 0.1) is 32.9 Å². The highest BCUT2D eigenvalue weighted by molar-refractivity contribution is 7.17. The summed E-state index contributed by atoms with van der Waals surface area (Å²) in [6.45, 7) is 4.90. The molecule has 3 rings (SSSR count). The first-order valence-electron chi connectivity index (χ1n) is 10.1. The molecule has 1 fully saturated rings. The van der Waals surface area contributed by atoms with Crippen molar-refractivity contribution in [2.45, 2.75) is 26.2 Å². The van der Waals surface area contributed by atoms with Gasteiger partial charge >= 0.3 is 5.97 Å². The van der Waals surface area contributed by atoms with Crippen LogP contribution in [0.1, 0.15) is 34.1 Å². The number of esters is 1. The second kappa shape index (κ2) is 9.69. The van der Waals surface area contributed by atoms with Crippen molar-refractivity contribution in [2.75, 3.05) is 58.9 Å². The van der Waals surface area contributed by atoms with Crippen molar-refractivity contribution in [3.8, 4) is 0 Å². The van der Waals surface area contributed by atoms with Gasteiger partial charge < -0.3 is 24.6 Å². The first-order valence-corrected chi connectivity index (χ1v) is 10.9. The minimum atomic E-state index is -0.407. The fraction of sp³-hybridized carbons (Fsp3) is 0.650. The van der Waals surface area contributed by atoms with Gasteiger partial charge in [0, 0.05) is 18.0 Å². The highest BCUT2D eigenvalue weighted by Crippen LogP contribution is 2.39. The average molecular weight is 425 g/mol. The number of thiophene rings is 1. The van der Waals surface area contributed by atoms with E-state index in [1.54, 1.807) is 4.90 Å². The molecule has 8 nitrogen and oxygen atoms in total. The molecule has 160 valence electrons. The molecule has 1 aliphatic carbocycles. The molecule has 1 unspecified atom stereocenters. The second-order valence-electron chi connectivity index (χ2n) is 7.90. The quantitative estimate of drug-likeness (QED) is 0.626. The van der Waals surface area contributed by atoms with Gasteiger partial charge in [-0.2, -0.15) is 0 Å². The Balaban J connectivity index is 1.62. The first kappa shape index (κ1) is 21.7. The Bertz CT molecular complexity index is 772. The van der Waals surface area contributed by atoms with E-state index < -0.39 is 5.97 Å². The van der Waals surface area contributed by atoms with Gasteiger partial charge in [-0.1, -0.05) is 6.92 Å². The molecule has 9 heteroatoms. The number of likely N-dealkylation sites (N-methyl/N-ethyl adjacent to an activating group) is 1. The minimum Gasteiger partial charge on any atom is -0.465 e. The monoisotopic (exact) mass is 424 g/mol. The van der Waals surface area contributed by atoms with Crippen molar-refractivity contribution >= 4 is 34.1 Å². The van der Waals surface area contributed by atoms with Crippen LogP contribution in [0.25, 0.3) is 0 Å². The molecular weight excluding hydrogens is 394 g/mol. The SMILES string of the molecule is COC(=O)c1c(NC(=O)C[NH+](C)CC(=O)N2CCOCC2)sc2c1CC[C@@H](C)C2. The number of carbonyl (C=O) groups is 3. The molecule has 1 aromatic heterocycles. The van der Waals surface area contributed by atoms with E-state index in [2.05, 4.69) is 12.2 Å². The Morgan fingerprint density at radius 3 is 2.69 bits per heavy atom. The lowest BCUT2D eigenvalue weighted by Gasteiger charge is -2.27. The summed E-state index contributed by atoms with van der Waals surface area (Å²) in [5.74, 6) is -0.0315. The Hall–Kier alpha value is -1.97. The number of rotatable bonds is 6. The summed E-state index contributed by atoms with van der Waals surface area (Å²) in [6.07, 6.45) is 2.77. The van der Waals surface area contributed by atoms with Gasteiger partial charge in [0.25, 0.3) is 11.8 Å². The van der Waals surface area contributed by atoms with E-state index in [9.17, 15) is 14.4 Å². The summed E-state index contributed by atoms with van der Waals surface area (Å²) in [5, 5.41) is 3.46. The Morgan fingerprint density at radius 1 is 1.28 bits per heavy atom. The lowest BCUT2D eigenvalue weighted by molar-refractivity contribution is -0.862. The van der Waals surface area contributed by atoms with Crippen LogP contribution in [0.3, 0.4) is 0 Å². The number of fused-ring (bicyclic) bond motifs is 1. The maximum absolute atomic E-state index is 12.6. The third kappa shape index (κ3) is 5.34. The van der Waals surface area contributed by atoms with Crippen molar-refractivity contribution in [2.24, 2.45) is 5.92 Å². The van der Waals surface area contributed by atoms with Gasteiger partial charge in [-0.05, 0) is 30.7 Å². The van der Waals surface area contributed by atoms with Gasteiger partial charge in [-0.3, -0.25) is 9.59 Å². The number of quaternary nitrogens is 1. The number of morpholine rings is 1. The Morgan fingerprint density at radius 2 is 2.00 bits per heavy atom. The lowest BCUT2D eigenvalue weighted by Crippen LogP contribution is -3.11. The van der Waals surface area contributed by atoms with Gasteiger partial charge in [0.15, 0.2) is 13.1 Å². The third-order valence-corrected chi connectivity index (χ3v) is 6.60. The maximum atomic E-state index is 12.6. The zero-order chi connectivity index (χ0) is 21.0. The Kier molecular flexibility index (Phi) is 7.26. The molecule has 0 saturated carbocycles. The smallest absolute Gasteiger partial charge is 0.341 e. The second-order valence-corrected chi connectivity index (χ2v) is 9.00. The molecule has 2 N–H and O–H groups in total. The molecule has 2 atom stereocenters. The van der Waals surface area contributed by atoms with Crippen molar-refractivity contribution in [3.63, 3.8) is 0 Å². The number of hydrogen-bond donors (Lipinski definition) is 2. The van der Waals surface area contributed by atoms with E-state index in [0.29, 0.717) is 42.8 Å². The molecule has 29 heavy (non-hydrogen) atoms. The molecular formula is C20H30N3O5S+. The number of ether oxygens (including phenoxy) is 2. The lowest BCUT2D eigenvalue weighted by atomic mass is 9.88. The summed E-state index contributed by atoms with van der Waals surface area (Å²) in [7, 11) is 3.18.